The number of anilines is 1. The maximum atomic E-state index is 12.6. The van der Waals surface area contributed by atoms with E-state index in [2.05, 4.69) is 6.92 Å². The van der Waals surface area contributed by atoms with Gasteiger partial charge in [0.25, 0.3) is 5.91 Å². The fourth-order valence-electron chi connectivity index (χ4n) is 2.52. The molecular formula is C15H23ClN2OS. The minimum absolute atomic E-state index is 0. The van der Waals surface area contributed by atoms with Crippen LogP contribution in [0.3, 0.4) is 0 Å². The van der Waals surface area contributed by atoms with Crippen LogP contribution < -0.4 is 5.73 Å². The van der Waals surface area contributed by atoms with Crippen molar-refractivity contribution >= 4 is 35.8 Å². The van der Waals surface area contributed by atoms with E-state index in [0.29, 0.717) is 16.5 Å². The van der Waals surface area contributed by atoms with Crippen molar-refractivity contribution < 1.29 is 4.79 Å². The quantitative estimate of drug-likeness (QED) is 0.869. The average molecular weight is 315 g/mol. The summed E-state index contributed by atoms with van der Waals surface area (Å²) < 4.78 is 0. The van der Waals surface area contributed by atoms with Gasteiger partial charge in [0, 0.05) is 24.0 Å². The lowest BCUT2D eigenvalue weighted by atomic mass is 10.1. The largest absolute Gasteiger partial charge is 0.398 e. The van der Waals surface area contributed by atoms with Gasteiger partial charge in [-0.2, -0.15) is 11.8 Å². The van der Waals surface area contributed by atoms with E-state index < -0.39 is 0 Å². The molecule has 3 nitrogen and oxygen atoms in total. The normalized spacial score (nSPS) is 19.1. The lowest BCUT2D eigenvalue weighted by Gasteiger charge is -2.24. The third kappa shape index (κ3) is 4.32. The second-order valence-electron chi connectivity index (χ2n) is 4.91. The molecule has 1 aromatic rings. The van der Waals surface area contributed by atoms with Gasteiger partial charge < -0.3 is 10.6 Å². The molecule has 0 aromatic heterocycles. The minimum atomic E-state index is 0. The van der Waals surface area contributed by atoms with Gasteiger partial charge in [0.1, 0.15) is 0 Å². The van der Waals surface area contributed by atoms with Gasteiger partial charge in [-0.25, -0.2) is 0 Å². The summed E-state index contributed by atoms with van der Waals surface area (Å²) >= 11 is 1.96. The van der Waals surface area contributed by atoms with Gasteiger partial charge in [-0.05, 0) is 30.7 Å². The molecule has 112 valence electrons. The zero-order valence-electron chi connectivity index (χ0n) is 11.9. The molecule has 20 heavy (non-hydrogen) atoms. The number of para-hydroxylation sites is 1. The Kier molecular flexibility index (Phi) is 7.24. The number of thioether (sulfide) groups is 1. The highest BCUT2D eigenvalue weighted by molar-refractivity contribution is 7.99. The molecule has 1 heterocycles. The monoisotopic (exact) mass is 314 g/mol. The van der Waals surface area contributed by atoms with E-state index in [-0.39, 0.29) is 18.3 Å². The second kappa shape index (κ2) is 8.42. The zero-order valence-corrected chi connectivity index (χ0v) is 13.5. The number of hydrogen-bond donors (Lipinski definition) is 1. The number of nitrogens with two attached hydrogens (primary N) is 1. The first-order valence-corrected chi connectivity index (χ1v) is 8.02. The summed E-state index contributed by atoms with van der Waals surface area (Å²) in [4.78, 5) is 14.5. The fourth-order valence-corrected chi connectivity index (χ4v) is 3.61. The number of benzene rings is 1. The molecule has 2 rings (SSSR count). The molecule has 1 aliphatic rings. The molecule has 1 aliphatic heterocycles. The molecule has 1 aromatic carbocycles. The highest BCUT2D eigenvalue weighted by Gasteiger charge is 2.23. The molecule has 0 saturated carbocycles. The molecule has 0 radical (unpaired) electrons. The van der Waals surface area contributed by atoms with Gasteiger partial charge in [-0.15, -0.1) is 12.4 Å². The van der Waals surface area contributed by atoms with Gasteiger partial charge in [-0.1, -0.05) is 25.5 Å². The summed E-state index contributed by atoms with van der Waals surface area (Å²) in [6.07, 6.45) is 3.53. The van der Waals surface area contributed by atoms with Gasteiger partial charge in [-0.3, -0.25) is 4.79 Å². The molecule has 1 fully saturated rings. The van der Waals surface area contributed by atoms with Crippen molar-refractivity contribution in [1.82, 2.24) is 4.90 Å². The number of rotatable bonds is 3. The van der Waals surface area contributed by atoms with Crippen molar-refractivity contribution in [3.63, 3.8) is 0 Å². The van der Waals surface area contributed by atoms with Crippen LogP contribution in [0.15, 0.2) is 24.3 Å². The Hall–Kier alpha value is -0.870. The molecule has 0 aliphatic carbocycles. The van der Waals surface area contributed by atoms with E-state index in [1.807, 2.05) is 34.9 Å². The number of carbonyl (C=O) groups is 1. The predicted octanol–water partition coefficient (Wildman–Crippen LogP) is 3.44. The molecule has 5 heteroatoms. The Labute approximate surface area is 131 Å². The summed E-state index contributed by atoms with van der Waals surface area (Å²) in [6, 6.07) is 7.36. The van der Waals surface area contributed by atoms with E-state index >= 15 is 0 Å². The maximum Gasteiger partial charge on any atom is 0.255 e. The first kappa shape index (κ1) is 17.2. The van der Waals surface area contributed by atoms with Crippen molar-refractivity contribution in [2.45, 2.75) is 31.4 Å². The Morgan fingerprint density at radius 2 is 2.15 bits per heavy atom. The minimum Gasteiger partial charge on any atom is -0.398 e. The summed E-state index contributed by atoms with van der Waals surface area (Å²) in [5, 5.41) is 0.571. The molecule has 0 bridgehead atoms. The highest BCUT2D eigenvalue weighted by atomic mass is 35.5. The summed E-state index contributed by atoms with van der Waals surface area (Å²) in [5.41, 5.74) is 7.13. The highest BCUT2D eigenvalue weighted by Crippen LogP contribution is 2.24. The Morgan fingerprint density at radius 1 is 1.40 bits per heavy atom. The van der Waals surface area contributed by atoms with E-state index in [4.69, 9.17) is 5.73 Å². The molecular weight excluding hydrogens is 292 g/mol. The van der Waals surface area contributed by atoms with E-state index in [0.717, 1.165) is 25.3 Å². The van der Waals surface area contributed by atoms with Crippen molar-refractivity contribution in [3.05, 3.63) is 29.8 Å². The SMILES string of the molecule is CCSC1CCCCN(C(=O)c2ccccc2N)C1.Cl. The summed E-state index contributed by atoms with van der Waals surface area (Å²) in [5.74, 6) is 1.20. The lowest BCUT2D eigenvalue weighted by Crippen LogP contribution is -2.36. The van der Waals surface area contributed by atoms with Crippen molar-refractivity contribution in [1.29, 1.82) is 0 Å². The number of amides is 1. The third-order valence-electron chi connectivity index (χ3n) is 3.51. The smallest absolute Gasteiger partial charge is 0.255 e. The van der Waals surface area contributed by atoms with Crippen LogP contribution in [0, 0.1) is 0 Å². The Balaban J connectivity index is 0.00000200. The maximum absolute atomic E-state index is 12.6. The standard InChI is InChI=1S/C15H22N2OS.ClH/c1-2-19-12-7-5-6-10-17(11-12)15(18)13-8-3-4-9-14(13)16;/h3-4,8-9,12H,2,5-7,10-11,16H2,1H3;1H. The van der Waals surface area contributed by atoms with Crippen LogP contribution in [0.1, 0.15) is 36.5 Å². The van der Waals surface area contributed by atoms with E-state index in [9.17, 15) is 4.79 Å². The van der Waals surface area contributed by atoms with Crippen LogP contribution in [-0.4, -0.2) is 34.9 Å². The Morgan fingerprint density at radius 3 is 2.85 bits per heavy atom. The van der Waals surface area contributed by atoms with Crippen LogP contribution in [-0.2, 0) is 0 Å². The van der Waals surface area contributed by atoms with Crippen molar-refractivity contribution in [3.8, 4) is 0 Å². The Bertz CT molecular complexity index is 442. The third-order valence-corrected chi connectivity index (χ3v) is 4.70. The summed E-state index contributed by atoms with van der Waals surface area (Å²) in [7, 11) is 0. The average Bonchev–Trinajstić information content (AvgIpc) is 2.65. The van der Waals surface area contributed by atoms with Crippen LogP contribution >= 0.6 is 24.2 Å². The second-order valence-corrected chi connectivity index (χ2v) is 6.49. The molecule has 1 unspecified atom stereocenters. The number of nitrogens with zero attached hydrogens (tertiary/aromatic N) is 1. The fraction of sp³-hybridized carbons (Fsp3) is 0.533. The van der Waals surface area contributed by atoms with E-state index in [1.54, 1.807) is 6.07 Å². The van der Waals surface area contributed by atoms with Gasteiger partial charge >= 0.3 is 0 Å². The molecule has 1 atom stereocenters. The topological polar surface area (TPSA) is 46.3 Å². The van der Waals surface area contributed by atoms with Crippen LogP contribution in [0.5, 0.6) is 0 Å². The van der Waals surface area contributed by atoms with Crippen LogP contribution in [0.2, 0.25) is 0 Å². The van der Waals surface area contributed by atoms with Crippen molar-refractivity contribution in [2.24, 2.45) is 0 Å². The molecule has 0 spiro atoms. The van der Waals surface area contributed by atoms with Crippen LogP contribution in [0.25, 0.3) is 0 Å². The van der Waals surface area contributed by atoms with Crippen LogP contribution in [0.4, 0.5) is 5.69 Å². The first-order valence-electron chi connectivity index (χ1n) is 6.97. The number of carbonyl (C=O) groups excluding carboxylic acids is 1. The number of halogens is 1. The summed E-state index contributed by atoms with van der Waals surface area (Å²) in [6.45, 7) is 3.89. The van der Waals surface area contributed by atoms with Crippen molar-refractivity contribution in [2.75, 3.05) is 24.6 Å². The first-order chi connectivity index (χ1) is 9.22. The predicted molar refractivity (Wildman–Crippen MR) is 89.8 cm³/mol. The zero-order chi connectivity index (χ0) is 13.7. The number of nitrogen functional groups attached to an aromatic ring is 1. The molecule has 1 amide bonds. The molecule has 2 N–H and O–H groups in total. The van der Waals surface area contributed by atoms with Gasteiger partial charge in [0.2, 0.25) is 0 Å². The lowest BCUT2D eigenvalue weighted by molar-refractivity contribution is 0.0764. The number of hydrogen-bond acceptors (Lipinski definition) is 3. The van der Waals surface area contributed by atoms with E-state index in [1.165, 1.54) is 12.8 Å². The van der Waals surface area contributed by atoms with Gasteiger partial charge in [0.15, 0.2) is 0 Å². The van der Waals surface area contributed by atoms with Gasteiger partial charge in [0.05, 0.1) is 5.56 Å². The number of likely N-dealkylation sites (tertiary alicyclic amines) is 1. The molecule has 1 saturated heterocycles.